The summed E-state index contributed by atoms with van der Waals surface area (Å²) in [5, 5.41) is 7.00. The van der Waals surface area contributed by atoms with Crippen LogP contribution in [0.2, 0.25) is 0 Å². The molecule has 0 bridgehead atoms. The van der Waals surface area contributed by atoms with Crippen molar-refractivity contribution < 1.29 is 9.59 Å². The molecule has 5 heteroatoms. The molecular formula is C23H28N2O2S. The monoisotopic (exact) mass is 396 g/mol. The Kier molecular flexibility index (Phi) is 5.81. The third kappa shape index (κ3) is 4.14. The number of aryl methyl sites for hydroxylation is 2. The number of fused-ring (bicyclic) bond motifs is 1. The Bertz CT molecular complexity index is 863. The maximum Gasteiger partial charge on any atom is 0.256 e. The summed E-state index contributed by atoms with van der Waals surface area (Å²) in [6, 6.07) is 7.80. The highest BCUT2D eigenvalue weighted by atomic mass is 32.1. The van der Waals surface area contributed by atoms with Gasteiger partial charge >= 0.3 is 0 Å². The van der Waals surface area contributed by atoms with E-state index in [1.165, 1.54) is 24.1 Å². The van der Waals surface area contributed by atoms with Gasteiger partial charge in [0.2, 0.25) is 0 Å². The highest BCUT2D eigenvalue weighted by molar-refractivity contribution is 7.17. The predicted octanol–water partition coefficient (Wildman–Crippen LogP) is 5.25. The number of carbonyl (C=O) groups is 2. The van der Waals surface area contributed by atoms with Gasteiger partial charge in [0.1, 0.15) is 5.00 Å². The number of hydrogen-bond acceptors (Lipinski definition) is 3. The van der Waals surface area contributed by atoms with E-state index in [-0.39, 0.29) is 17.9 Å². The van der Waals surface area contributed by atoms with Crippen molar-refractivity contribution in [1.82, 2.24) is 5.32 Å². The van der Waals surface area contributed by atoms with Gasteiger partial charge in [0, 0.05) is 16.5 Å². The molecule has 2 aromatic rings. The van der Waals surface area contributed by atoms with E-state index in [9.17, 15) is 9.59 Å². The van der Waals surface area contributed by atoms with Crippen LogP contribution in [0.15, 0.2) is 24.3 Å². The standard InChI is InChI=1S/C23H28N2O2S/c1-15-11-13-16(14-12-15)21(26)25-23-20(18-9-5-6-10-19(18)28-23)22(27)24-17-7-3-2-4-8-17/h11-14,17H,2-10H2,1H3,(H,24,27)(H,25,26). The number of carbonyl (C=O) groups excluding carboxylic acids is 2. The highest BCUT2D eigenvalue weighted by Crippen LogP contribution is 2.38. The van der Waals surface area contributed by atoms with Gasteiger partial charge in [-0.2, -0.15) is 0 Å². The Hall–Kier alpha value is -2.14. The molecule has 2 N–H and O–H groups in total. The van der Waals surface area contributed by atoms with Crippen LogP contribution in [0.1, 0.15) is 81.7 Å². The number of thiophene rings is 1. The molecule has 2 aliphatic rings. The second-order valence-electron chi connectivity index (χ2n) is 8.04. The highest BCUT2D eigenvalue weighted by Gasteiger charge is 2.28. The summed E-state index contributed by atoms with van der Waals surface area (Å²) >= 11 is 1.59. The Balaban J connectivity index is 1.59. The van der Waals surface area contributed by atoms with Gasteiger partial charge in [0.15, 0.2) is 0 Å². The van der Waals surface area contributed by atoms with Crippen LogP contribution in [0.25, 0.3) is 0 Å². The van der Waals surface area contributed by atoms with Crippen molar-refractivity contribution in [3.05, 3.63) is 51.4 Å². The summed E-state index contributed by atoms with van der Waals surface area (Å²) in [4.78, 5) is 27.2. The first kappa shape index (κ1) is 19.2. The summed E-state index contributed by atoms with van der Waals surface area (Å²) in [6.07, 6.45) is 9.95. The number of hydrogen-bond donors (Lipinski definition) is 2. The largest absolute Gasteiger partial charge is 0.349 e. The van der Waals surface area contributed by atoms with Crippen LogP contribution in [0.3, 0.4) is 0 Å². The third-order valence-corrected chi connectivity index (χ3v) is 7.09. The van der Waals surface area contributed by atoms with Crippen molar-refractivity contribution >= 4 is 28.2 Å². The zero-order chi connectivity index (χ0) is 19.5. The molecule has 2 aliphatic carbocycles. The molecule has 0 saturated heterocycles. The van der Waals surface area contributed by atoms with Crippen molar-refractivity contribution in [2.45, 2.75) is 70.8 Å². The summed E-state index contributed by atoms with van der Waals surface area (Å²) < 4.78 is 0. The molecular weight excluding hydrogens is 368 g/mol. The third-order valence-electron chi connectivity index (χ3n) is 5.88. The fourth-order valence-corrected chi connectivity index (χ4v) is 5.56. The number of amides is 2. The molecule has 1 saturated carbocycles. The van der Waals surface area contributed by atoms with Crippen molar-refractivity contribution in [2.75, 3.05) is 5.32 Å². The van der Waals surface area contributed by atoms with E-state index in [2.05, 4.69) is 10.6 Å². The lowest BCUT2D eigenvalue weighted by molar-refractivity contribution is 0.0928. The van der Waals surface area contributed by atoms with Gasteiger partial charge in [-0.15, -0.1) is 11.3 Å². The van der Waals surface area contributed by atoms with Gasteiger partial charge < -0.3 is 10.6 Å². The minimum Gasteiger partial charge on any atom is -0.349 e. The SMILES string of the molecule is Cc1ccc(C(=O)Nc2sc3c(c2C(=O)NC2CCCCC2)CCCC3)cc1. The predicted molar refractivity (Wildman–Crippen MR) is 114 cm³/mol. The van der Waals surface area contributed by atoms with E-state index in [4.69, 9.17) is 0 Å². The second-order valence-corrected chi connectivity index (χ2v) is 9.15. The fourth-order valence-electron chi connectivity index (χ4n) is 4.28. The Labute approximate surface area is 170 Å². The molecule has 1 heterocycles. The smallest absolute Gasteiger partial charge is 0.256 e. The van der Waals surface area contributed by atoms with Crippen LogP contribution in [-0.4, -0.2) is 17.9 Å². The Morgan fingerprint density at radius 1 is 0.929 bits per heavy atom. The number of nitrogens with one attached hydrogen (secondary N) is 2. The van der Waals surface area contributed by atoms with Crippen LogP contribution in [0, 0.1) is 6.92 Å². The molecule has 148 valence electrons. The van der Waals surface area contributed by atoms with E-state index < -0.39 is 0 Å². The van der Waals surface area contributed by atoms with E-state index in [0.29, 0.717) is 16.1 Å². The van der Waals surface area contributed by atoms with Crippen LogP contribution in [-0.2, 0) is 12.8 Å². The summed E-state index contributed by atoms with van der Waals surface area (Å²) in [5.41, 5.74) is 3.61. The molecule has 1 aromatic carbocycles. The first-order valence-electron chi connectivity index (χ1n) is 10.5. The van der Waals surface area contributed by atoms with Gasteiger partial charge in [0.25, 0.3) is 11.8 Å². The lowest BCUT2D eigenvalue weighted by atomic mass is 9.93. The van der Waals surface area contributed by atoms with Gasteiger partial charge in [-0.25, -0.2) is 0 Å². The average molecular weight is 397 g/mol. The summed E-state index contributed by atoms with van der Waals surface area (Å²) in [5.74, 6) is -0.157. The molecule has 0 spiro atoms. The minimum absolute atomic E-state index is 0.00879. The first-order chi connectivity index (χ1) is 13.6. The zero-order valence-electron chi connectivity index (χ0n) is 16.5. The van der Waals surface area contributed by atoms with E-state index in [1.54, 1.807) is 11.3 Å². The minimum atomic E-state index is -0.148. The van der Waals surface area contributed by atoms with Crippen LogP contribution in [0.5, 0.6) is 0 Å². The lowest BCUT2D eigenvalue weighted by Gasteiger charge is -2.23. The molecule has 4 rings (SSSR count). The zero-order valence-corrected chi connectivity index (χ0v) is 17.3. The Morgan fingerprint density at radius 2 is 1.64 bits per heavy atom. The molecule has 0 radical (unpaired) electrons. The Morgan fingerprint density at radius 3 is 2.39 bits per heavy atom. The van der Waals surface area contributed by atoms with Gasteiger partial charge in [-0.3, -0.25) is 9.59 Å². The topological polar surface area (TPSA) is 58.2 Å². The first-order valence-corrected chi connectivity index (χ1v) is 11.3. The van der Waals surface area contributed by atoms with Crippen molar-refractivity contribution in [1.29, 1.82) is 0 Å². The summed E-state index contributed by atoms with van der Waals surface area (Å²) in [7, 11) is 0. The molecule has 28 heavy (non-hydrogen) atoms. The molecule has 1 aromatic heterocycles. The number of benzene rings is 1. The lowest BCUT2D eigenvalue weighted by Crippen LogP contribution is -2.37. The maximum atomic E-state index is 13.2. The molecule has 1 fully saturated rings. The van der Waals surface area contributed by atoms with Gasteiger partial charge in [-0.05, 0) is 63.1 Å². The average Bonchev–Trinajstić information content (AvgIpc) is 3.07. The molecule has 4 nitrogen and oxygen atoms in total. The molecule has 0 aliphatic heterocycles. The number of rotatable bonds is 4. The second kappa shape index (κ2) is 8.48. The van der Waals surface area contributed by atoms with E-state index >= 15 is 0 Å². The van der Waals surface area contributed by atoms with Crippen molar-refractivity contribution in [3.63, 3.8) is 0 Å². The van der Waals surface area contributed by atoms with Crippen LogP contribution < -0.4 is 10.6 Å². The summed E-state index contributed by atoms with van der Waals surface area (Å²) in [6.45, 7) is 2.00. The fraction of sp³-hybridized carbons (Fsp3) is 0.478. The molecule has 0 atom stereocenters. The van der Waals surface area contributed by atoms with Gasteiger partial charge in [-0.1, -0.05) is 37.0 Å². The van der Waals surface area contributed by atoms with Crippen LogP contribution >= 0.6 is 11.3 Å². The van der Waals surface area contributed by atoms with Crippen LogP contribution in [0.4, 0.5) is 5.00 Å². The van der Waals surface area contributed by atoms with E-state index in [1.807, 2.05) is 31.2 Å². The quantitative estimate of drug-likeness (QED) is 0.741. The molecule has 0 unspecified atom stereocenters. The normalized spacial score (nSPS) is 17.0. The van der Waals surface area contributed by atoms with Gasteiger partial charge in [0.05, 0.1) is 5.56 Å². The van der Waals surface area contributed by atoms with Crippen molar-refractivity contribution in [2.24, 2.45) is 0 Å². The maximum absolute atomic E-state index is 13.2. The molecule has 2 amide bonds. The van der Waals surface area contributed by atoms with E-state index in [0.717, 1.165) is 49.7 Å². The van der Waals surface area contributed by atoms with Crippen molar-refractivity contribution in [3.8, 4) is 0 Å². The number of anilines is 1.